The van der Waals surface area contributed by atoms with Crippen LogP contribution in [0.4, 0.5) is 0 Å². The van der Waals surface area contributed by atoms with Gasteiger partial charge in [0, 0.05) is 16.1 Å². The van der Waals surface area contributed by atoms with Gasteiger partial charge in [0.2, 0.25) is 10.0 Å². The van der Waals surface area contributed by atoms with Gasteiger partial charge in [0.05, 0.1) is 10.9 Å². The smallest absolute Gasteiger partial charge is 0.252 e. The summed E-state index contributed by atoms with van der Waals surface area (Å²) in [6, 6.07) is 12.2. The Balaban J connectivity index is 1.80. The van der Waals surface area contributed by atoms with Crippen LogP contribution < -0.4 is 10.0 Å². The third-order valence-electron chi connectivity index (χ3n) is 4.38. The molecule has 1 atom stereocenters. The fourth-order valence-electron chi connectivity index (χ4n) is 2.61. The Bertz CT molecular complexity index is 922. The Kier molecular flexibility index (Phi) is 5.50. The molecule has 0 aliphatic heterocycles. The molecule has 138 valence electrons. The normalized spacial score (nSPS) is 15.5. The average Bonchev–Trinajstić information content (AvgIpc) is 3.38. The molecule has 2 aromatic rings. The standard InChI is InChI=1S/C19H21BrN2O3S/c1-12-3-10-17(26(24,25)22-16-8-9-16)11-18(12)19(23)21-13(2)14-4-6-15(20)7-5-14/h3-7,10-11,13,16,22H,8-9H2,1-2H3,(H,21,23). The maximum Gasteiger partial charge on any atom is 0.252 e. The molecule has 1 amide bonds. The number of hydrogen-bond donors (Lipinski definition) is 2. The number of halogens is 1. The largest absolute Gasteiger partial charge is 0.346 e. The van der Waals surface area contributed by atoms with E-state index < -0.39 is 10.0 Å². The van der Waals surface area contributed by atoms with E-state index in [0.717, 1.165) is 28.4 Å². The van der Waals surface area contributed by atoms with E-state index in [2.05, 4.69) is 26.0 Å². The second-order valence-corrected chi connectivity index (χ2v) is 9.25. The summed E-state index contributed by atoms with van der Waals surface area (Å²) < 4.78 is 28.4. The van der Waals surface area contributed by atoms with Gasteiger partial charge in [-0.15, -0.1) is 0 Å². The van der Waals surface area contributed by atoms with Crippen molar-refractivity contribution in [2.24, 2.45) is 0 Å². The summed E-state index contributed by atoms with van der Waals surface area (Å²) in [5, 5.41) is 2.94. The molecule has 0 saturated heterocycles. The molecule has 1 fully saturated rings. The van der Waals surface area contributed by atoms with Crippen molar-refractivity contribution in [2.45, 2.75) is 43.7 Å². The van der Waals surface area contributed by atoms with Gasteiger partial charge >= 0.3 is 0 Å². The van der Waals surface area contributed by atoms with Crippen LogP contribution in [0.3, 0.4) is 0 Å². The minimum absolute atomic E-state index is 0.0241. The Hall–Kier alpha value is -1.70. The van der Waals surface area contributed by atoms with Gasteiger partial charge in [-0.3, -0.25) is 4.79 Å². The minimum atomic E-state index is -3.59. The molecule has 2 N–H and O–H groups in total. The van der Waals surface area contributed by atoms with Gasteiger partial charge in [0.15, 0.2) is 0 Å². The van der Waals surface area contributed by atoms with Crippen LogP contribution in [-0.2, 0) is 10.0 Å². The van der Waals surface area contributed by atoms with Crippen LogP contribution in [0, 0.1) is 6.92 Å². The molecule has 0 radical (unpaired) electrons. The zero-order valence-electron chi connectivity index (χ0n) is 14.6. The van der Waals surface area contributed by atoms with Gasteiger partial charge in [-0.05, 0) is 62.1 Å². The maximum absolute atomic E-state index is 12.7. The van der Waals surface area contributed by atoms with Crippen LogP contribution in [-0.4, -0.2) is 20.4 Å². The Morgan fingerprint density at radius 3 is 2.42 bits per heavy atom. The highest BCUT2D eigenvalue weighted by Crippen LogP contribution is 2.24. The van der Waals surface area contributed by atoms with Crippen molar-refractivity contribution >= 4 is 31.9 Å². The number of hydrogen-bond acceptors (Lipinski definition) is 3. The summed E-state index contributed by atoms with van der Waals surface area (Å²) in [5.41, 5.74) is 2.07. The summed E-state index contributed by atoms with van der Waals surface area (Å²) in [4.78, 5) is 12.8. The molecule has 1 aliphatic carbocycles. The maximum atomic E-state index is 12.7. The zero-order valence-corrected chi connectivity index (χ0v) is 17.0. The summed E-state index contributed by atoms with van der Waals surface area (Å²) in [6.45, 7) is 3.69. The molecule has 0 heterocycles. The predicted molar refractivity (Wildman–Crippen MR) is 105 cm³/mol. The third-order valence-corrected chi connectivity index (χ3v) is 6.43. The Labute approximate surface area is 162 Å². The number of sulfonamides is 1. The number of rotatable bonds is 6. The lowest BCUT2D eigenvalue weighted by Gasteiger charge is -2.16. The number of amides is 1. The monoisotopic (exact) mass is 436 g/mol. The Morgan fingerprint density at radius 2 is 1.81 bits per heavy atom. The fourth-order valence-corrected chi connectivity index (χ4v) is 4.21. The van der Waals surface area contributed by atoms with Gasteiger partial charge in [0.25, 0.3) is 5.91 Å². The van der Waals surface area contributed by atoms with Gasteiger partial charge < -0.3 is 5.32 Å². The molecule has 0 aromatic heterocycles. The van der Waals surface area contributed by atoms with Crippen LogP contribution in [0.1, 0.15) is 47.3 Å². The summed E-state index contributed by atoms with van der Waals surface area (Å²) in [5.74, 6) is -0.290. The quantitative estimate of drug-likeness (QED) is 0.724. The third kappa shape index (κ3) is 4.52. The van der Waals surface area contributed by atoms with Crippen molar-refractivity contribution in [3.63, 3.8) is 0 Å². The average molecular weight is 437 g/mol. The van der Waals surface area contributed by atoms with Gasteiger partial charge in [-0.1, -0.05) is 34.1 Å². The summed E-state index contributed by atoms with van der Waals surface area (Å²) >= 11 is 3.39. The molecule has 0 spiro atoms. The number of nitrogens with one attached hydrogen (secondary N) is 2. The van der Waals surface area contributed by atoms with Crippen LogP contribution in [0.5, 0.6) is 0 Å². The predicted octanol–water partition coefficient (Wildman–Crippen LogP) is 3.69. The van der Waals surface area contributed by atoms with Gasteiger partial charge in [0.1, 0.15) is 0 Å². The zero-order chi connectivity index (χ0) is 18.9. The molecular formula is C19H21BrN2O3S. The van der Waals surface area contributed by atoms with E-state index in [1.165, 1.54) is 12.1 Å². The van der Waals surface area contributed by atoms with Crippen molar-refractivity contribution in [1.29, 1.82) is 0 Å². The van der Waals surface area contributed by atoms with E-state index in [9.17, 15) is 13.2 Å². The van der Waals surface area contributed by atoms with Crippen molar-refractivity contribution in [1.82, 2.24) is 10.0 Å². The lowest BCUT2D eigenvalue weighted by Crippen LogP contribution is -2.29. The van der Waals surface area contributed by atoms with E-state index >= 15 is 0 Å². The molecule has 0 bridgehead atoms. The van der Waals surface area contributed by atoms with E-state index in [4.69, 9.17) is 0 Å². The van der Waals surface area contributed by atoms with Crippen LogP contribution in [0.2, 0.25) is 0 Å². The van der Waals surface area contributed by atoms with Crippen molar-refractivity contribution in [2.75, 3.05) is 0 Å². The SMILES string of the molecule is Cc1ccc(S(=O)(=O)NC2CC2)cc1C(=O)NC(C)c1ccc(Br)cc1. The number of carbonyl (C=O) groups excluding carboxylic acids is 1. The number of benzene rings is 2. The lowest BCUT2D eigenvalue weighted by atomic mass is 10.1. The van der Waals surface area contributed by atoms with Crippen LogP contribution >= 0.6 is 15.9 Å². The topological polar surface area (TPSA) is 75.3 Å². The molecule has 7 heteroatoms. The first kappa shape index (κ1) is 19.1. The molecule has 1 saturated carbocycles. The first-order chi connectivity index (χ1) is 12.3. The summed E-state index contributed by atoms with van der Waals surface area (Å²) in [7, 11) is -3.59. The fraction of sp³-hybridized carbons (Fsp3) is 0.316. The first-order valence-electron chi connectivity index (χ1n) is 8.45. The van der Waals surface area contributed by atoms with E-state index in [1.54, 1.807) is 13.0 Å². The Morgan fingerprint density at radius 1 is 1.15 bits per heavy atom. The molecule has 1 aliphatic rings. The second-order valence-electron chi connectivity index (χ2n) is 6.62. The molecule has 26 heavy (non-hydrogen) atoms. The second kappa shape index (κ2) is 7.50. The molecule has 5 nitrogen and oxygen atoms in total. The highest BCUT2D eigenvalue weighted by molar-refractivity contribution is 9.10. The van der Waals surface area contributed by atoms with Crippen LogP contribution in [0.15, 0.2) is 51.8 Å². The molecular weight excluding hydrogens is 416 g/mol. The number of carbonyl (C=O) groups is 1. The van der Waals surface area contributed by atoms with Gasteiger partial charge in [-0.25, -0.2) is 13.1 Å². The highest BCUT2D eigenvalue weighted by Gasteiger charge is 2.28. The molecule has 2 aromatic carbocycles. The van der Waals surface area contributed by atoms with E-state index in [1.807, 2.05) is 31.2 Å². The van der Waals surface area contributed by atoms with Crippen molar-refractivity contribution < 1.29 is 13.2 Å². The van der Waals surface area contributed by atoms with Crippen molar-refractivity contribution in [3.8, 4) is 0 Å². The van der Waals surface area contributed by atoms with Crippen LogP contribution in [0.25, 0.3) is 0 Å². The first-order valence-corrected chi connectivity index (χ1v) is 10.7. The summed E-state index contributed by atoms with van der Waals surface area (Å²) in [6.07, 6.45) is 1.73. The molecule has 3 rings (SSSR count). The van der Waals surface area contributed by atoms with Crippen molar-refractivity contribution in [3.05, 3.63) is 63.6 Å². The highest BCUT2D eigenvalue weighted by atomic mass is 79.9. The van der Waals surface area contributed by atoms with E-state index in [0.29, 0.717) is 5.56 Å². The minimum Gasteiger partial charge on any atom is -0.346 e. The molecule has 1 unspecified atom stereocenters. The van der Waals surface area contributed by atoms with E-state index in [-0.39, 0.29) is 22.9 Å². The number of aryl methyl sites for hydroxylation is 1. The van der Waals surface area contributed by atoms with Gasteiger partial charge in [-0.2, -0.15) is 0 Å². The lowest BCUT2D eigenvalue weighted by molar-refractivity contribution is 0.0939.